The lowest BCUT2D eigenvalue weighted by atomic mass is 10.3. The third-order valence-electron chi connectivity index (χ3n) is 1.78. The van der Waals surface area contributed by atoms with Gasteiger partial charge in [0.25, 0.3) is 0 Å². The number of ether oxygens (including phenoxy) is 1. The lowest BCUT2D eigenvalue weighted by molar-refractivity contribution is 0.462. The van der Waals surface area contributed by atoms with E-state index in [1.165, 1.54) is 6.20 Å². The average Bonchev–Trinajstić information content (AvgIpc) is 2.27. The Kier molecular flexibility index (Phi) is 3.94. The van der Waals surface area contributed by atoms with Crippen LogP contribution in [0.15, 0.2) is 24.4 Å². The highest BCUT2D eigenvalue weighted by Gasteiger charge is 2.09. The number of nitrogens with zero attached hydrogens (tertiary/aromatic N) is 2. The van der Waals surface area contributed by atoms with E-state index in [1.807, 2.05) is 0 Å². The first-order valence-electron chi connectivity index (χ1n) is 4.37. The van der Waals surface area contributed by atoms with Crippen molar-refractivity contribution in [2.75, 3.05) is 0 Å². The van der Waals surface area contributed by atoms with E-state index in [0.717, 1.165) is 0 Å². The number of hydrogen-bond acceptors (Lipinski definition) is 3. The van der Waals surface area contributed by atoms with Gasteiger partial charge >= 0.3 is 0 Å². The molecule has 0 N–H and O–H groups in total. The molecule has 1 heterocycles. The summed E-state index contributed by atoms with van der Waals surface area (Å²) in [5.41, 5.74) is 0. The molecule has 0 aliphatic heterocycles. The van der Waals surface area contributed by atoms with E-state index in [1.54, 1.807) is 18.2 Å². The van der Waals surface area contributed by atoms with Crippen molar-refractivity contribution in [1.82, 2.24) is 9.97 Å². The van der Waals surface area contributed by atoms with Crippen LogP contribution >= 0.6 is 46.4 Å². The van der Waals surface area contributed by atoms with Crippen LogP contribution in [0.4, 0.5) is 0 Å². The molecule has 0 bridgehead atoms. The van der Waals surface area contributed by atoms with Crippen molar-refractivity contribution in [3.05, 3.63) is 44.7 Å². The van der Waals surface area contributed by atoms with Crippen LogP contribution in [0.5, 0.6) is 11.6 Å². The van der Waals surface area contributed by atoms with E-state index in [4.69, 9.17) is 51.1 Å². The van der Waals surface area contributed by atoms with Gasteiger partial charge in [-0.3, -0.25) is 0 Å². The van der Waals surface area contributed by atoms with Gasteiger partial charge in [0.2, 0.25) is 11.2 Å². The van der Waals surface area contributed by atoms with Gasteiger partial charge in [0.15, 0.2) is 0 Å². The number of halogens is 4. The summed E-state index contributed by atoms with van der Waals surface area (Å²) in [5, 5.41) is 1.13. The summed E-state index contributed by atoms with van der Waals surface area (Å²) < 4.78 is 5.42. The second-order valence-electron chi connectivity index (χ2n) is 2.97. The molecule has 0 aliphatic carbocycles. The Morgan fingerprint density at radius 1 is 1.00 bits per heavy atom. The SMILES string of the molecule is Clc1ccc(Oc2nc(Cl)ncc2Cl)c(Cl)c1. The van der Waals surface area contributed by atoms with Crippen molar-refractivity contribution >= 4 is 46.4 Å². The normalized spacial score (nSPS) is 10.4. The van der Waals surface area contributed by atoms with E-state index in [9.17, 15) is 0 Å². The van der Waals surface area contributed by atoms with Crippen LogP contribution in [0.3, 0.4) is 0 Å². The standard InChI is InChI=1S/C10H4Cl4N2O/c11-5-1-2-8(6(12)3-5)17-9-7(13)4-15-10(14)16-9/h1-4H. The van der Waals surface area contributed by atoms with Gasteiger partial charge in [-0.15, -0.1) is 0 Å². The minimum absolute atomic E-state index is 0.0366. The van der Waals surface area contributed by atoms with E-state index < -0.39 is 0 Å². The zero-order chi connectivity index (χ0) is 12.4. The Balaban J connectivity index is 2.34. The van der Waals surface area contributed by atoms with E-state index >= 15 is 0 Å². The van der Waals surface area contributed by atoms with Crippen LogP contribution in [-0.4, -0.2) is 9.97 Å². The molecule has 1 aromatic carbocycles. The Labute approximate surface area is 117 Å². The molecule has 0 fully saturated rings. The van der Waals surface area contributed by atoms with Crippen molar-refractivity contribution in [2.45, 2.75) is 0 Å². The number of benzene rings is 1. The zero-order valence-electron chi connectivity index (χ0n) is 8.12. The van der Waals surface area contributed by atoms with E-state index in [-0.39, 0.29) is 16.2 Å². The molecule has 2 rings (SSSR count). The Hall–Kier alpha value is -0.740. The molecular weight excluding hydrogens is 306 g/mol. The Bertz CT molecular complexity index is 562. The molecule has 2 aromatic rings. The molecule has 88 valence electrons. The summed E-state index contributed by atoms with van der Waals surface area (Å²) in [7, 11) is 0. The Morgan fingerprint density at radius 3 is 2.47 bits per heavy atom. The van der Waals surface area contributed by atoms with Crippen molar-refractivity contribution < 1.29 is 4.74 Å². The molecular formula is C10H4Cl4N2O. The molecule has 3 nitrogen and oxygen atoms in total. The largest absolute Gasteiger partial charge is 0.436 e. The van der Waals surface area contributed by atoms with Crippen molar-refractivity contribution in [3.63, 3.8) is 0 Å². The molecule has 0 amide bonds. The van der Waals surface area contributed by atoms with Gasteiger partial charge in [-0.1, -0.05) is 34.8 Å². The third-order valence-corrected chi connectivity index (χ3v) is 2.75. The van der Waals surface area contributed by atoms with Crippen LogP contribution < -0.4 is 4.74 Å². The fraction of sp³-hybridized carbons (Fsp3) is 0. The smallest absolute Gasteiger partial charge is 0.242 e. The summed E-state index contributed by atoms with van der Waals surface area (Å²) in [4.78, 5) is 7.55. The van der Waals surface area contributed by atoms with Gasteiger partial charge in [-0.2, -0.15) is 4.98 Å². The highest BCUT2D eigenvalue weighted by atomic mass is 35.5. The molecule has 7 heteroatoms. The second kappa shape index (κ2) is 5.27. The zero-order valence-corrected chi connectivity index (χ0v) is 11.1. The van der Waals surface area contributed by atoms with Crippen LogP contribution in [-0.2, 0) is 0 Å². The van der Waals surface area contributed by atoms with Crippen molar-refractivity contribution in [3.8, 4) is 11.6 Å². The maximum absolute atomic E-state index is 5.94. The summed E-state index contributed by atoms with van der Waals surface area (Å²) in [5.74, 6) is 0.517. The van der Waals surface area contributed by atoms with Crippen molar-refractivity contribution in [2.24, 2.45) is 0 Å². The summed E-state index contributed by atoms with van der Waals surface area (Å²) in [6.07, 6.45) is 1.34. The van der Waals surface area contributed by atoms with Gasteiger partial charge in [-0.25, -0.2) is 4.98 Å². The quantitative estimate of drug-likeness (QED) is 0.741. The molecule has 0 unspecified atom stereocenters. The van der Waals surface area contributed by atoms with E-state index in [0.29, 0.717) is 15.8 Å². The monoisotopic (exact) mass is 308 g/mol. The van der Waals surface area contributed by atoms with Crippen LogP contribution in [0.1, 0.15) is 0 Å². The fourth-order valence-electron chi connectivity index (χ4n) is 1.06. The molecule has 17 heavy (non-hydrogen) atoms. The van der Waals surface area contributed by atoms with Crippen LogP contribution in [0.25, 0.3) is 0 Å². The first kappa shape index (κ1) is 12.7. The molecule has 0 aliphatic rings. The molecule has 0 saturated carbocycles. The fourth-order valence-corrected chi connectivity index (χ4v) is 1.77. The minimum atomic E-state index is 0.0366. The summed E-state index contributed by atoms with van der Waals surface area (Å²) in [6, 6.07) is 4.80. The number of rotatable bonds is 2. The molecule has 0 saturated heterocycles. The number of aromatic nitrogens is 2. The maximum atomic E-state index is 5.94. The third kappa shape index (κ3) is 3.13. The molecule has 1 aromatic heterocycles. The molecule has 0 radical (unpaired) electrons. The second-order valence-corrected chi connectivity index (χ2v) is 4.56. The van der Waals surface area contributed by atoms with Gasteiger partial charge in [0.05, 0.1) is 11.2 Å². The lowest BCUT2D eigenvalue weighted by Crippen LogP contribution is -1.92. The Morgan fingerprint density at radius 2 is 1.76 bits per heavy atom. The topological polar surface area (TPSA) is 35.0 Å². The summed E-state index contributed by atoms with van der Waals surface area (Å²) >= 11 is 23.2. The summed E-state index contributed by atoms with van der Waals surface area (Å²) in [6.45, 7) is 0. The first-order valence-corrected chi connectivity index (χ1v) is 5.88. The molecule has 0 atom stereocenters. The van der Waals surface area contributed by atoms with Gasteiger partial charge in [0, 0.05) is 5.02 Å². The lowest BCUT2D eigenvalue weighted by Gasteiger charge is -2.07. The van der Waals surface area contributed by atoms with Crippen LogP contribution in [0.2, 0.25) is 20.4 Å². The minimum Gasteiger partial charge on any atom is -0.436 e. The van der Waals surface area contributed by atoms with E-state index in [2.05, 4.69) is 9.97 Å². The van der Waals surface area contributed by atoms with Crippen molar-refractivity contribution in [1.29, 1.82) is 0 Å². The highest BCUT2D eigenvalue weighted by molar-refractivity contribution is 6.35. The molecule has 0 spiro atoms. The predicted molar refractivity (Wildman–Crippen MR) is 68.6 cm³/mol. The number of hydrogen-bond donors (Lipinski definition) is 0. The van der Waals surface area contributed by atoms with Gasteiger partial charge in [0.1, 0.15) is 10.8 Å². The average molecular weight is 310 g/mol. The highest BCUT2D eigenvalue weighted by Crippen LogP contribution is 2.33. The maximum Gasteiger partial charge on any atom is 0.242 e. The predicted octanol–water partition coefficient (Wildman–Crippen LogP) is 4.88. The van der Waals surface area contributed by atoms with Gasteiger partial charge in [-0.05, 0) is 29.8 Å². The van der Waals surface area contributed by atoms with Gasteiger partial charge < -0.3 is 4.74 Å². The first-order chi connectivity index (χ1) is 8.06. The van der Waals surface area contributed by atoms with Crippen LogP contribution in [0, 0.1) is 0 Å².